The summed E-state index contributed by atoms with van der Waals surface area (Å²) >= 11 is 1.28. The van der Waals surface area contributed by atoms with Crippen LogP contribution in [0.15, 0.2) is 35.8 Å². The van der Waals surface area contributed by atoms with Gasteiger partial charge < -0.3 is 9.72 Å². The van der Waals surface area contributed by atoms with Crippen LogP contribution in [0, 0.1) is 5.82 Å². The highest BCUT2D eigenvalue weighted by Gasteiger charge is 2.20. The summed E-state index contributed by atoms with van der Waals surface area (Å²) in [4.78, 5) is 15.8. The topological polar surface area (TPSA) is 42.1 Å². The Bertz CT molecular complexity index is 760. The van der Waals surface area contributed by atoms with Crippen LogP contribution < -0.4 is 4.74 Å². The van der Waals surface area contributed by atoms with Crippen molar-refractivity contribution in [2.24, 2.45) is 0 Å². The van der Waals surface area contributed by atoms with Gasteiger partial charge in [-0.2, -0.15) is 0 Å². The quantitative estimate of drug-likeness (QED) is 0.742. The van der Waals surface area contributed by atoms with Gasteiger partial charge in [0.25, 0.3) is 0 Å². The number of aromatic nitrogens is 1. The first kappa shape index (κ1) is 11.9. The lowest BCUT2D eigenvalue weighted by atomic mass is 10.1. The Labute approximate surface area is 112 Å². The molecule has 0 saturated carbocycles. The van der Waals surface area contributed by atoms with Gasteiger partial charge in [0.15, 0.2) is 0 Å². The van der Waals surface area contributed by atoms with E-state index in [0.29, 0.717) is 27.1 Å². The highest BCUT2D eigenvalue weighted by molar-refractivity contribution is 7.12. The smallest absolute Gasteiger partial charge is 0.208 e. The van der Waals surface area contributed by atoms with E-state index < -0.39 is 5.82 Å². The fraction of sp³-hybridized carbons (Fsp3) is 0.0714. The van der Waals surface area contributed by atoms with Crippen molar-refractivity contribution >= 4 is 28.0 Å². The molecule has 0 radical (unpaired) electrons. The molecule has 0 aliphatic heterocycles. The summed E-state index contributed by atoms with van der Waals surface area (Å²) in [6, 6.07) is 6.41. The van der Waals surface area contributed by atoms with Gasteiger partial charge in [-0.1, -0.05) is 6.07 Å². The second-order valence-electron chi connectivity index (χ2n) is 4.01. The highest BCUT2D eigenvalue weighted by Crippen LogP contribution is 2.30. The summed E-state index contributed by atoms with van der Waals surface area (Å²) in [5, 5.41) is 2.10. The third kappa shape index (κ3) is 1.82. The maximum absolute atomic E-state index is 13.9. The van der Waals surface area contributed by atoms with Gasteiger partial charge in [0.2, 0.25) is 5.78 Å². The summed E-state index contributed by atoms with van der Waals surface area (Å²) < 4.78 is 19.0. The SMILES string of the molecule is COc1ccsc1C(=O)c1c[nH]c2cccc(F)c12. The Morgan fingerprint density at radius 2 is 2.21 bits per heavy atom. The Balaban J connectivity index is 2.17. The molecule has 3 rings (SSSR count). The van der Waals surface area contributed by atoms with Gasteiger partial charge in [-0.05, 0) is 23.6 Å². The molecule has 0 amide bonds. The molecule has 0 bridgehead atoms. The largest absolute Gasteiger partial charge is 0.495 e. The molecule has 1 aromatic carbocycles. The Morgan fingerprint density at radius 3 is 3.00 bits per heavy atom. The molecule has 0 spiro atoms. The predicted molar refractivity (Wildman–Crippen MR) is 72.6 cm³/mol. The van der Waals surface area contributed by atoms with E-state index in [0.717, 1.165) is 0 Å². The third-order valence-electron chi connectivity index (χ3n) is 2.95. The molecule has 5 heteroatoms. The number of rotatable bonds is 3. The molecule has 0 atom stereocenters. The Kier molecular flexibility index (Phi) is 2.83. The summed E-state index contributed by atoms with van der Waals surface area (Å²) in [6.07, 6.45) is 1.54. The van der Waals surface area contributed by atoms with Crippen LogP contribution in [0.25, 0.3) is 10.9 Å². The number of ketones is 1. The number of fused-ring (bicyclic) bond motifs is 1. The lowest BCUT2D eigenvalue weighted by Gasteiger charge is -2.01. The normalized spacial score (nSPS) is 10.8. The van der Waals surface area contributed by atoms with Crippen LogP contribution in [0.5, 0.6) is 5.75 Å². The van der Waals surface area contributed by atoms with Crippen molar-refractivity contribution in [3.05, 3.63) is 52.1 Å². The van der Waals surface area contributed by atoms with Gasteiger partial charge in [0.05, 0.1) is 12.7 Å². The molecule has 0 aliphatic carbocycles. The molecule has 96 valence electrons. The van der Waals surface area contributed by atoms with Crippen LogP contribution in [0.4, 0.5) is 4.39 Å². The molecule has 3 nitrogen and oxygen atoms in total. The minimum atomic E-state index is -0.405. The standard InChI is InChI=1S/C14H10FNO2S/c1-18-11-5-6-19-14(11)13(17)8-7-16-10-4-2-3-9(15)12(8)10/h2-7,16H,1H3. The lowest BCUT2D eigenvalue weighted by Crippen LogP contribution is -2.00. The van der Waals surface area contributed by atoms with Gasteiger partial charge in [-0.15, -0.1) is 11.3 Å². The van der Waals surface area contributed by atoms with Crippen molar-refractivity contribution < 1.29 is 13.9 Å². The van der Waals surface area contributed by atoms with Crippen molar-refractivity contribution in [3.8, 4) is 5.75 Å². The average Bonchev–Trinajstić information content (AvgIpc) is 3.05. The van der Waals surface area contributed by atoms with Crippen molar-refractivity contribution in [1.82, 2.24) is 4.98 Å². The average molecular weight is 275 g/mol. The van der Waals surface area contributed by atoms with Crippen LogP contribution in [0.3, 0.4) is 0 Å². The van der Waals surface area contributed by atoms with E-state index in [1.807, 2.05) is 0 Å². The molecular formula is C14H10FNO2S. The molecule has 19 heavy (non-hydrogen) atoms. The zero-order chi connectivity index (χ0) is 13.4. The number of carbonyl (C=O) groups is 1. The second-order valence-corrected chi connectivity index (χ2v) is 4.93. The maximum Gasteiger partial charge on any atom is 0.208 e. The fourth-order valence-corrected chi connectivity index (χ4v) is 2.88. The third-order valence-corrected chi connectivity index (χ3v) is 3.85. The minimum Gasteiger partial charge on any atom is -0.495 e. The van der Waals surface area contributed by atoms with Crippen molar-refractivity contribution in [1.29, 1.82) is 0 Å². The van der Waals surface area contributed by atoms with Crippen LogP contribution in [-0.4, -0.2) is 17.9 Å². The lowest BCUT2D eigenvalue weighted by molar-refractivity contribution is 0.104. The van der Waals surface area contributed by atoms with Crippen molar-refractivity contribution in [3.63, 3.8) is 0 Å². The fourth-order valence-electron chi connectivity index (χ4n) is 2.07. The van der Waals surface area contributed by atoms with E-state index in [9.17, 15) is 9.18 Å². The Morgan fingerprint density at radius 1 is 1.37 bits per heavy atom. The number of thiophene rings is 1. The number of hydrogen-bond donors (Lipinski definition) is 1. The van der Waals surface area contributed by atoms with Crippen molar-refractivity contribution in [2.75, 3.05) is 7.11 Å². The maximum atomic E-state index is 13.9. The van der Waals surface area contributed by atoms with Gasteiger partial charge >= 0.3 is 0 Å². The Hall–Kier alpha value is -2.14. The van der Waals surface area contributed by atoms with Gasteiger partial charge in [-0.3, -0.25) is 4.79 Å². The molecule has 0 fully saturated rings. The molecular weight excluding hydrogens is 265 g/mol. The summed E-state index contributed by atoms with van der Waals surface area (Å²) in [6.45, 7) is 0. The molecule has 2 heterocycles. The molecule has 0 unspecified atom stereocenters. The van der Waals surface area contributed by atoms with Gasteiger partial charge in [0, 0.05) is 17.1 Å². The van der Waals surface area contributed by atoms with Crippen LogP contribution in [-0.2, 0) is 0 Å². The number of benzene rings is 1. The van der Waals surface area contributed by atoms with Gasteiger partial charge in [-0.25, -0.2) is 4.39 Å². The molecule has 0 aliphatic rings. The monoisotopic (exact) mass is 275 g/mol. The minimum absolute atomic E-state index is 0.233. The van der Waals surface area contributed by atoms with E-state index in [2.05, 4.69) is 4.98 Å². The first-order chi connectivity index (χ1) is 9.22. The van der Waals surface area contributed by atoms with Crippen LogP contribution >= 0.6 is 11.3 Å². The second kappa shape index (κ2) is 4.51. The number of carbonyl (C=O) groups excluding carboxylic acids is 1. The number of nitrogens with one attached hydrogen (secondary N) is 1. The molecule has 3 aromatic rings. The zero-order valence-corrected chi connectivity index (χ0v) is 10.9. The number of methoxy groups -OCH3 is 1. The molecule has 2 aromatic heterocycles. The summed E-state index contributed by atoms with van der Waals surface area (Å²) in [7, 11) is 1.51. The van der Waals surface area contributed by atoms with Gasteiger partial charge in [0.1, 0.15) is 16.4 Å². The number of halogens is 1. The van der Waals surface area contributed by atoms with E-state index in [1.165, 1.54) is 30.7 Å². The highest BCUT2D eigenvalue weighted by atomic mass is 32.1. The zero-order valence-electron chi connectivity index (χ0n) is 10.1. The van der Waals surface area contributed by atoms with E-state index in [4.69, 9.17) is 4.74 Å². The molecule has 0 saturated heterocycles. The summed E-state index contributed by atoms with van der Waals surface area (Å²) in [5.74, 6) is -0.124. The van der Waals surface area contributed by atoms with E-state index in [-0.39, 0.29) is 5.78 Å². The number of ether oxygens (including phenoxy) is 1. The first-order valence-corrected chi connectivity index (χ1v) is 6.52. The van der Waals surface area contributed by atoms with E-state index in [1.54, 1.807) is 23.6 Å². The number of H-pyrrole nitrogens is 1. The molecule has 1 N–H and O–H groups in total. The van der Waals surface area contributed by atoms with Crippen LogP contribution in [0.2, 0.25) is 0 Å². The van der Waals surface area contributed by atoms with E-state index >= 15 is 0 Å². The van der Waals surface area contributed by atoms with Crippen molar-refractivity contribution in [2.45, 2.75) is 0 Å². The predicted octanol–water partition coefficient (Wildman–Crippen LogP) is 3.61. The number of hydrogen-bond acceptors (Lipinski definition) is 3. The van der Waals surface area contributed by atoms with Crippen LogP contribution in [0.1, 0.15) is 15.2 Å². The first-order valence-electron chi connectivity index (χ1n) is 5.64. The summed E-state index contributed by atoms with van der Waals surface area (Å²) in [5.41, 5.74) is 0.938. The number of aromatic amines is 1.